The van der Waals surface area contributed by atoms with Gasteiger partial charge in [-0.05, 0) is 32.5 Å². The van der Waals surface area contributed by atoms with Crippen LogP contribution in [0.1, 0.15) is 23.2 Å². The van der Waals surface area contributed by atoms with Crippen LogP contribution >= 0.6 is 23.1 Å². The second kappa shape index (κ2) is 7.81. The van der Waals surface area contributed by atoms with Gasteiger partial charge in [0.15, 0.2) is 0 Å². The molecule has 0 radical (unpaired) electrons. The minimum absolute atomic E-state index is 0.483. The molecule has 2 nitrogen and oxygen atoms in total. The van der Waals surface area contributed by atoms with Crippen molar-refractivity contribution in [1.82, 2.24) is 10.3 Å². The molecule has 2 rings (SSSR count). The normalized spacial score (nSPS) is 12.6. The molecule has 1 aromatic carbocycles. The van der Waals surface area contributed by atoms with E-state index >= 15 is 0 Å². The maximum absolute atomic E-state index is 4.57. The van der Waals surface area contributed by atoms with Crippen molar-refractivity contribution in [2.45, 2.75) is 38.1 Å². The van der Waals surface area contributed by atoms with E-state index in [-0.39, 0.29) is 0 Å². The van der Waals surface area contributed by atoms with Gasteiger partial charge in [0, 0.05) is 34.2 Å². The summed E-state index contributed by atoms with van der Waals surface area (Å²) in [5.74, 6) is 1.08. The lowest BCUT2D eigenvalue weighted by atomic mass is 10.2. The molecule has 0 spiro atoms. The van der Waals surface area contributed by atoms with Crippen LogP contribution in [0, 0.1) is 13.8 Å². The first-order chi connectivity index (χ1) is 9.67. The van der Waals surface area contributed by atoms with Gasteiger partial charge in [-0.3, -0.25) is 0 Å². The third kappa shape index (κ3) is 4.93. The zero-order valence-corrected chi connectivity index (χ0v) is 14.0. The number of thioether (sulfide) groups is 1. The van der Waals surface area contributed by atoms with E-state index in [1.165, 1.54) is 15.5 Å². The summed E-state index contributed by atoms with van der Waals surface area (Å²) < 4.78 is 0. The number of likely N-dealkylation sites (N-methyl/N-ethyl adjacent to an activating group) is 1. The third-order valence-corrected chi connectivity index (χ3v) is 5.22. The number of rotatable bonds is 7. The summed E-state index contributed by atoms with van der Waals surface area (Å²) in [5.41, 5.74) is 2.45. The number of aromatic nitrogens is 1. The lowest BCUT2D eigenvalue weighted by Crippen LogP contribution is -2.33. The van der Waals surface area contributed by atoms with Crippen LogP contribution in [0.5, 0.6) is 0 Å². The van der Waals surface area contributed by atoms with Crippen molar-refractivity contribution in [2.24, 2.45) is 0 Å². The summed E-state index contributed by atoms with van der Waals surface area (Å²) in [4.78, 5) is 5.91. The van der Waals surface area contributed by atoms with Crippen molar-refractivity contribution in [3.8, 4) is 0 Å². The van der Waals surface area contributed by atoms with Crippen molar-refractivity contribution < 1.29 is 0 Å². The van der Waals surface area contributed by atoms with Gasteiger partial charge in [-0.2, -0.15) is 0 Å². The summed E-state index contributed by atoms with van der Waals surface area (Å²) in [5, 5.41) is 6.93. The Balaban J connectivity index is 1.90. The van der Waals surface area contributed by atoms with Crippen LogP contribution in [-0.4, -0.2) is 23.3 Å². The Morgan fingerprint density at radius 2 is 2.00 bits per heavy atom. The lowest BCUT2D eigenvalue weighted by Gasteiger charge is -2.16. The Morgan fingerprint density at radius 1 is 1.25 bits per heavy atom. The molecule has 1 N–H and O–H groups in total. The molecule has 0 saturated carbocycles. The molecule has 1 aromatic heterocycles. The van der Waals surface area contributed by atoms with Gasteiger partial charge in [-0.1, -0.05) is 24.6 Å². The molecule has 1 unspecified atom stereocenters. The van der Waals surface area contributed by atoms with Crippen molar-refractivity contribution >= 4 is 23.1 Å². The average molecular weight is 306 g/mol. The monoisotopic (exact) mass is 306 g/mol. The molecule has 0 bridgehead atoms. The van der Waals surface area contributed by atoms with E-state index in [1.54, 1.807) is 11.3 Å². The number of nitrogens with one attached hydrogen (secondary N) is 1. The zero-order valence-electron chi connectivity index (χ0n) is 12.3. The fraction of sp³-hybridized carbons (Fsp3) is 0.438. The largest absolute Gasteiger partial charge is 0.313 e. The molecule has 1 heterocycles. The van der Waals surface area contributed by atoms with Gasteiger partial charge in [0.2, 0.25) is 0 Å². The van der Waals surface area contributed by atoms with E-state index in [4.69, 9.17) is 0 Å². The maximum Gasteiger partial charge on any atom is 0.0943 e. The Morgan fingerprint density at radius 3 is 2.60 bits per heavy atom. The van der Waals surface area contributed by atoms with Crippen molar-refractivity contribution in [2.75, 3.05) is 12.3 Å². The van der Waals surface area contributed by atoms with Crippen LogP contribution in [-0.2, 0) is 6.42 Å². The number of benzene rings is 1. The van der Waals surface area contributed by atoms with Crippen LogP contribution in [0.3, 0.4) is 0 Å². The highest BCUT2D eigenvalue weighted by atomic mass is 32.2. The first-order valence-electron chi connectivity index (χ1n) is 7.01. The first-order valence-corrected chi connectivity index (χ1v) is 8.87. The van der Waals surface area contributed by atoms with Gasteiger partial charge in [0.1, 0.15) is 0 Å². The van der Waals surface area contributed by atoms with Gasteiger partial charge in [-0.25, -0.2) is 4.98 Å². The van der Waals surface area contributed by atoms with E-state index in [9.17, 15) is 0 Å². The molecule has 0 saturated heterocycles. The van der Waals surface area contributed by atoms with E-state index < -0.39 is 0 Å². The quantitative estimate of drug-likeness (QED) is 0.780. The van der Waals surface area contributed by atoms with Crippen molar-refractivity contribution in [1.29, 1.82) is 0 Å². The van der Waals surface area contributed by atoms with Crippen LogP contribution in [0.4, 0.5) is 0 Å². The minimum Gasteiger partial charge on any atom is -0.313 e. The molecule has 4 heteroatoms. The number of aryl methyl sites for hydroxylation is 2. The molecule has 0 fully saturated rings. The Bertz CT molecular complexity index is 520. The second-order valence-corrected chi connectivity index (χ2v) is 7.00. The van der Waals surface area contributed by atoms with Gasteiger partial charge in [0.25, 0.3) is 0 Å². The number of thiazole rings is 1. The van der Waals surface area contributed by atoms with E-state index in [2.05, 4.69) is 60.7 Å². The van der Waals surface area contributed by atoms with Crippen LogP contribution in [0.25, 0.3) is 0 Å². The van der Waals surface area contributed by atoms with Gasteiger partial charge in [-0.15, -0.1) is 23.1 Å². The highest BCUT2D eigenvalue weighted by molar-refractivity contribution is 7.99. The molecular weight excluding hydrogens is 284 g/mol. The van der Waals surface area contributed by atoms with Crippen molar-refractivity contribution in [3.63, 3.8) is 0 Å². The predicted molar refractivity (Wildman–Crippen MR) is 89.9 cm³/mol. The second-order valence-electron chi connectivity index (χ2n) is 4.97. The van der Waals surface area contributed by atoms with Crippen LogP contribution in [0.15, 0.2) is 34.5 Å². The standard InChI is InChI=1S/C16H22N2S2/c1-4-17-14(9-16-18-13(3)10-20-16)11-19-15-7-5-12(2)6-8-15/h5-8,10,14,17H,4,9,11H2,1-3H3. The Hall–Kier alpha value is -0.840. The summed E-state index contributed by atoms with van der Waals surface area (Å²) in [7, 11) is 0. The summed E-state index contributed by atoms with van der Waals surface area (Å²) in [6, 6.07) is 9.24. The lowest BCUT2D eigenvalue weighted by molar-refractivity contribution is 0.571. The topological polar surface area (TPSA) is 24.9 Å². The Labute approximate surface area is 130 Å². The van der Waals surface area contributed by atoms with Crippen molar-refractivity contribution in [3.05, 3.63) is 45.9 Å². The molecule has 0 aliphatic rings. The highest BCUT2D eigenvalue weighted by Gasteiger charge is 2.11. The number of hydrogen-bond donors (Lipinski definition) is 1. The summed E-state index contributed by atoms with van der Waals surface area (Å²) in [6.45, 7) is 7.35. The minimum atomic E-state index is 0.483. The number of hydrogen-bond acceptors (Lipinski definition) is 4. The average Bonchev–Trinajstić information content (AvgIpc) is 2.83. The fourth-order valence-electron chi connectivity index (χ4n) is 2.02. The molecule has 20 heavy (non-hydrogen) atoms. The highest BCUT2D eigenvalue weighted by Crippen LogP contribution is 2.21. The first kappa shape index (κ1) is 15.5. The van der Waals surface area contributed by atoms with Crippen LogP contribution < -0.4 is 5.32 Å². The molecule has 0 aliphatic heterocycles. The molecule has 0 aliphatic carbocycles. The molecule has 2 aromatic rings. The zero-order chi connectivity index (χ0) is 14.4. The Kier molecular flexibility index (Phi) is 6.07. The maximum atomic E-state index is 4.57. The predicted octanol–water partition coefficient (Wildman–Crippen LogP) is 4.07. The van der Waals surface area contributed by atoms with E-state index in [0.717, 1.165) is 24.4 Å². The van der Waals surface area contributed by atoms with E-state index in [0.29, 0.717) is 6.04 Å². The summed E-state index contributed by atoms with van der Waals surface area (Å²) in [6.07, 6.45) is 1.02. The van der Waals surface area contributed by atoms with Gasteiger partial charge >= 0.3 is 0 Å². The molecule has 0 amide bonds. The smallest absolute Gasteiger partial charge is 0.0943 e. The van der Waals surface area contributed by atoms with Gasteiger partial charge < -0.3 is 5.32 Å². The summed E-state index contributed by atoms with van der Waals surface area (Å²) >= 11 is 3.68. The van der Waals surface area contributed by atoms with E-state index in [1.807, 2.05) is 11.8 Å². The molecular formula is C16H22N2S2. The third-order valence-electron chi connectivity index (χ3n) is 3.05. The van der Waals surface area contributed by atoms with Gasteiger partial charge in [0.05, 0.1) is 5.01 Å². The fourth-order valence-corrected chi connectivity index (χ4v) is 3.83. The number of nitrogens with zero attached hydrogens (tertiary/aromatic N) is 1. The molecule has 1 atom stereocenters. The van der Waals surface area contributed by atoms with Crippen LogP contribution in [0.2, 0.25) is 0 Å². The SMILES string of the molecule is CCNC(CSc1ccc(C)cc1)Cc1nc(C)cs1. The molecule has 108 valence electrons.